The quantitative estimate of drug-likeness (QED) is 0.184. The third-order valence-corrected chi connectivity index (χ3v) is 10.1. The van der Waals surface area contributed by atoms with Gasteiger partial charge >= 0.3 is 23.9 Å². The Morgan fingerprint density at radius 2 is 1.48 bits per heavy atom. The average molecular weight is 609 g/mol. The van der Waals surface area contributed by atoms with Gasteiger partial charge in [0, 0.05) is 62.4 Å². The number of benzene rings is 1. The molecule has 0 aliphatic heterocycles. The highest BCUT2D eigenvalue weighted by atomic mass is 16.6. The predicted molar refractivity (Wildman–Crippen MR) is 162 cm³/mol. The second-order valence-electron chi connectivity index (χ2n) is 13.4. The van der Waals surface area contributed by atoms with E-state index in [2.05, 4.69) is 6.58 Å². The molecule has 3 saturated carbocycles. The lowest BCUT2D eigenvalue weighted by Gasteiger charge is -2.61. The van der Waals surface area contributed by atoms with Gasteiger partial charge in [-0.25, -0.2) is 4.79 Å². The number of fused-ring (bicyclic) bond motifs is 3. The van der Waals surface area contributed by atoms with Crippen molar-refractivity contribution < 1.29 is 42.9 Å². The zero-order valence-electron chi connectivity index (χ0n) is 26.7. The maximum absolute atomic E-state index is 13.6. The van der Waals surface area contributed by atoms with Gasteiger partial charge in [-0.05, 0) is 35.5 Å². The summed E-state index contributed by atoms with van der Waals surface area (Å²) < 4.78 is 24.1. The lowest BCUT2D eigenvalue weighted by atomic mass is 9.46. The molecule has 0 saturated heterocycles. The lowest BCUT2D eigenvalue weighted by molar-refractivity contribution is -0.235. The third kappa shape index (κ3) is 6.37. The molecule has 0 aromatic heterocycles. The number of hydrogen-bond donors (Lipinski definition) is 0. The molecule has 3 aliphatic rings. The highest BCUT2D eigenvalue weighted by Gasteiger charge is 2.66. The van der Waals surface area contributed by atoms with Crippen LogP contribution in [0.4, 0.5) is 0 Å². The fourth-order valence-corrected chi connectivity index (χ4v) is 8.20. The van der Waals surface area contributed by atoms with Crippen molar-refractivity contribution in [3.8, 4) is 0 Å². The van der Waals surface area contributed by atoms with Crippen LogP contribution >= 0.6 is 0 Å². The number of ether oxygens (including phenoxy) is 4. The molecular formula is C35H44O9. The first kappa shape index (κ1) is 33.1. The van der Waals surface area contributed by atoms with Crippen molar-refractivity contribution in [2.75, 3.05) is 0 Å². The van der Waals surface area contributed by atoms with E-state index in [0.717, 1.165) is 5.56 Å². The summed E-state index contributed by atoms with van der Waals surface area (Å²) in [6.45, 7) is 16.0. The van der Waals surface area contributed by atoms with E-state index in [1.807, 2.05) is 58.0 Å². The SMILES string of the molecule is C=C1C2[C@H](OC(C)=O)[C@@H]3CC(=O)[C@@H](C)C([C@@H](OC(C)=O)[C@H](OC(C)=O)[C@]2(C)CC[C@@H]1OC(=O)/C=C/c1ccccc1)C3(C)C. The molecule has 0 heterocycles. The molecule has 1 aromatic carbocycles. The van der Waals surface area contributed by atoms with E-state index in [1.54, 1.807) is 6.08 Å². The van der Waals surface area contributed by atoms with Crippen LogP contribution in [0.3, 0.4) is 0 Å². The first-order chi connectivity index (χ1) is 20.6. The summed E-state index contributed by atoms with van der Waals surface area (Å²) in [5.74, 6) is -4.53. The summed E-state index contributed by atoms with van der Waals surface area (Å²) in [5.41, 5.74) is -0.345. The molecule has 9 heteroatoms. The van der Waals surface area contributed by atoms with Gasteiger partial charge in [-0.15, -0.1) is 0 Å². The number of carbonyl (C=O) groups excluding carboxylic acids is 5. The molecule has 0 spiro atoms. The summed E-state index contributed by atoms with van der Waals surface area (Å²) in [5, 5.41) is 0. The molecule has 9 atom stereocenters. The third-order valence-electron chi connectivity index (χ3n) is 10.1. The molecule has 4 rings (SSSR count). The van der Waals surface area contributed by atoms with Gasteiger partial charge in [0.15, 0.2) is 0 Å². The summed E-state index contributed by atoms with van der Waals surface area (Å²) in [7, 11) is 0. The van der Waals surface area contributed by atoms with E-state index >= 15 is 0 Å². The van der Waals surface area contributed by atoms with Gasteiger partial charge < -0.3 is 18.9 Å². The Balaban J connectivity index is 1.84. The minimum absolute atomic E-state index is 0.0609. The Labute approximate surface area is 259 Å². The second kappa shape index (κ2) is 12.7. The number of rotatable bonds is 6. The molecule has 2 bridgehead atoms. The molecule has 9 nitrogen and oxygen atoms in total. The number of hydrogen-bond acceptors (Lipinski definition) is 9. The topological polar surface area (TPSA) is 122 Å². The fraction of sp³-hybridized carbons (Fsp3) is 0.571. The van der Waals surface area contributed by atoms with E-state index in [4.69, 9.17) is 18.9 Å². The summed E-state index contributed by atoms with van der Waals surface area (Å²) in [4.78, 5) is 64.5. The zero-order valence-corrected chi connectivity index (χ0v) is 26.7. The summed E-state index contributed by atoms with van der Waals surface area (Å²) in [6.07, 6.45) is 0.318. The Bertz CT molecular complexity index is 1340. The number of carbonyl (C=O) groups is 5. The number of Topliss-reactive ketones (excluding diaryl/α,β-unsaturated/α-hetero) is 1. The summed E-state index contributed by atoms with van der Waals surface area (Å²) in [6, 6.07) is 9.34. The normalized spacial score (nSPS) is 34.6. The van der Waals surface area contributed by atoms with Crippen LogP contribution in [-0.4, -0.2) is 54.1 Å². The van der Waals surface area contributed by atoms with E-state index in [-0.39, 0.29) is 12.2 Å². The van der Waals surface area contributed by atoms with Gasteiger partial charge in [0.05, 0.1) is 0 Å². The van der Waals surface area contributed by atoms with Crippen LogP contribution < -0.4 is 0 Å². The molecule has 3 aliphatic carbocycles. The predicted octanol–water partition coefficient (Wildman–Crippen LogP) is 5.26. The molecule has 3 fully saturated rings. The molecule has 0 radical (unpaired) electrons. The highest BCUT2D eigenvalue weighted by molar-refractivity contribution is 5.87. The van der Waals surface area contributed by atoms with E-state index in [0.29, 0.717) is 18.4 Å². The largest absolute Gasteiger partial charge is 0.462 e. The molecule has 0 amide bonds. The Kier molecular flexibility index (Phi) is 9.57. The smallest absolute Gasteiger partial charge is 0.331 e. The van der Waals surface area contributed by atoms with E-state index < -0.39 is 82.8 Å². The number of esters is 4. The van der Waals surface area contributed by atoms with Gasteiger partial charge in [0.2, 0.25) is 0 Å². The lowest BCUT2D eigenvalue weighted by Crippen LogP contribution is -2.67. The molecule has 238 valence electrons. The number of ketones is 1. The molecule has 2 unspecified atom stereocenters. The van der Waals surface area contributed by atoms with Crippen LogP contribution in [0.25, 0.3) is 6.08 Å². The van der Waals surface area contributed by atoms with Gasteiger partial charge in [0.25, 0.3) is 0 Å². The Hall–Kier alpha value is -3.75. The van der Waals surface area contributed by atoms with Crippen molar-refractivity contribution in [3.05, 3.63) is 54.1 Å². The van der Waals surface area contributed by atoms with Crippen LogP contribution in [0, 0.1) is 34.5 Å². The molecular weight excluding hydrogens is 564 g/mol. The Morgan fingerprint density at radius 3 is 2.07 bits per heavy atom. The second-order valence-corrected chi connectivity index (χ2v) is 13.4. The van der Waals surface area contributed by atoms with Crippen LogP contribution in [0.15, 0.2) is 48.6 Å². The maximum Gasteiger partial charge on any atom is 0.331 e. The van der Waals surface area contributed by atoms with Gasteiger partial charge in [0.1, 0.15) is 30.2 Å². The van der Waals surface area contributed by atoms with Crippen molar-refractivity contribution in [1.82, 2.24) is 0 Å². The molecule has 0 N–H and O–H groups in total. The van der Waals surface area contributed by atoms with Gasteiger partial charge in [-0.1, -0.05) is 64.6 Å². The van der Waals surface area contributed by atoms with Crippen LogP contribution in [0.1, 0.15) is 73.3 Å². The molecule has 44 heavy (non-hydrogen) atoms. The maximum atomic E-state index is 13.6. The zero-order chi connectivity index (χ0) is 32.6. The van der Waals surface area contributed by atoms with Crippen LogP contribution in [0.2, 0.25) is 0 Å². The van der Waals surface area contributed by atoms with Crippen molar-refractivity contribution in [2.24, 2.45) is 34.5 Å². The monoisotopic (exact) mass is 608 g/mol. The standard InChI is InChI=1S/C35H44O9/c1-19-26(39)18-25-31(41-21(3)36)30-20(2)27(44-28(40)15-14-24-12-10-9-11-13-24)16-17-35(30,8)33(43-23(5)38)32(42-22(4)37)29(19)34(25,6)7/h9-15,19,25,27,29-33H,2,16-18H2,1,3-8H3/b15-14+/t19-,25+,27+,29?,30?,31-,32-,33+,35-/m1/s1. The first-order valence-electron chi connectivity index (χ1n) is 15.2. The minimum atomic E-state index is -1.00. The van der Waals surface area contributed by atoms with Crippen molar-refractivity contribution in [3.63, 3.8) is 0 Å². The minimum Gasteiger partial charge on any atom is -0.462 e. The van der Waals surface area contributed by atoms with Crippen LogP contribution in [0.5, 0.6) is 0 Å². The van der Waals surface area contributed by atoms with Crippen molar-refractivity contribution in [2.45, 2.75) is 92.1 Å². The van der Waals surface area contributed by atoms with Gasteiger partial charge in [-0.3, -0.25) is 19.2 Å². The van der Waals surface area contributed by atoms with Crippen LogP contribution in [-0.2, 0) is 42.9 Å². The Morgan fingerprint density at radius 1 is 0.886 bits per heavy atom. The van der Waals surface area contributed by atoms with Gasteiger partial charge in [-0.2, -0.15) is 0 Å². The van der Waals surface area contributed by atoms with Crippen molar-refractivity contribution in [1.29, 1.82) is 0 Å². The van der Waals surface area contributed by atoms with Crippen molar-refractivity contribution >= 4 is 35.7 Å². The first-order valence-corrected chi connectivity index (χ1v) is 15.2. The fourth-order valence-electron chi connectivity index (χ4n) is 8.20. The van der Waals surface area contributed by atoms with E-state index in [1.165, 1.54) is 26.8 Å². The molecule has 1 aromatic rings. The van der Waals surface area contributed by atoms with E-state index in [9.17, 15) is 24.0 Å². The average Bonchev–Trinajstić information content (AvgIpc) is 2.93. The summed E-state index contributed by atoms with van der Waals surface area (Å²) >= 11 is 0. The highest BCUT2D eigenvalue weighted by Crippen LogP contribution is 2.61.